The highest BCUT2D eigenvalue weighted by molar-refractivity contribution is 4.82. The molecule has 0 aromatic rings. The van der Waals surface area contributed by atoms with Crippen molar-refractivity contribution in [2.75, 3.05) is 0 Å². The van der Waals surface area contributed by atoms with Crippen molar-refractivity contribution in [3.05, 3.63) is 0 Å². The Morgan fingerprint density at radius 2 is 2.00 bits per heavy atom. The summed E-state index contributed by atoms with van der Waals surface area (Å²) in [5.41, 5.74) is 0. The van der Waals surface area contributed by atoms with E-state index in [1.54, 1.807) is 0 Å². The van der Waals surface area contributed by atoms with Gasteiger partial charge in [-0.2, -0.15) is 5.26 Å². The summed E-state index contributed by atoms with van der Waals surface area (Å²) in [7, 11) is 0. The molecule has 1 fully saturated rings. The molecule has 0 spiro atoms. The largest absolute Gasteiger partial charge is 0.378 e. The fourth-order valence-electron chi connectivity index (χ4n) is 1.93. The highest BCUT2D eigenvalue weighted by atomic mass is 16.3. The van der Waals surface area contributed by atoms with Crippen LogP contribution in [0.15, 0.2) is 0 Å². The molecule has 1 aliphatic carbocycles. The minimum atomic E-state index is -0.730. The lowest BCUT2D eigenvalue weighted by molar-refractivity contribution is 0.198. The SMILES string of the molecule is N#CC(O)CCC1CCCCC1. The van der Waals surface area contributed by atoms with Crippen LogP contribution in [0.3, 0.4) is 0 Å². The lowest BCUT2D eigenvalue weighted by Crippen LogP contribution is -2.10. The van der Waals surface area contributed by atoms with Crippen LogP contribution in [0.25, 0.3) is 0 Å². The van der Waals surface area contributed by atoms with Gasteiger partial charge in [-0.25, -0.2) is 0 Å². The van der Waals surface area contributed by atoms with Crippen molar-refractivity contribution in [1.29, 1.82) is 5.26 Å². The van der Waals surface area contributed by atoms with E-state index in [1.165, 1.54) is 32.1 Å². The lowest BCUT2D eigenvalue weighted by atomic mass is 9.85. The van der Waals surface area contributed by atoms with Gasteiger partial charge in [0.25, 0.3) is 0 Å². The van der Waals surface area contributed by atoms with Gasteiger partial charge in [0.15, 0.2) is 0 Å². The number of hydrogen-bond donors (Lipinski definition) is 1. The molecule has 0 bridgehead atoms. The van der Waals surface area contributed by atoms with Crippen molar-refractivity contribution in [3.63, 3.8) is 0 Å². The van der Waals surface area contributed by atoms with Gasteiger partial charge in [-0.05, 0) is 18.8 Å². The first kappa shape index (κ1) is 9.54. The van der Waals surface area contributed by atoms with Gasteiger partial charge in [0.1, 0.15) is 6.10 Å². The van der Waals surface area contributed by atoms with Crippen LogP contribution in [-0.4, -0.2) is 11.2 Å². The van der Waals surface area contributed by atoms with Gasteiger partial charge in [0.05, 0.1) is 6.07 Å². The van der Waals surface area contributed by atoms with Crippen LogP contribution >= 0.6 is 0 Å². The van der Waals surface area contributed by atoms with Crippen LogP contribution in [0.4, 0.5) is 0 Å². The van der Waals surface area contributed by atoms with E-state index in [0.29, 0.717) is 6.42 Å². The zero-order valence-electron chi connectivity index (χ0n) is 7.50. The summed E-state index contributed by atoms with van der Waals surface area (Å²) in [5, 5.41) is 17.4. The van der Waals surface area contributed by atoms with Crippen LogP contribution in [0.2, 0.25) is 0 Å². The fourth-order valence-corrected chi connectivity index (χ4v) is 1.93. The third kappa shape index (κ3) is 3.23. The van der Waals surface area contributed by atoms with Gasteiger partial charge in [0.2, 0.25) is 0 Å². The Kier molecular flexibility index (Phi) is 4.10. The molecule has 1 aliphatic rings. The van der Waals surface area contributed by atoms with Crippen LogP contribution in [0.5, 0.6) is 0 Å². The van der Waals surface area contributed by atoms with Crippen molar-refractivity contribution >= 4 is 0 Å². The molecule has 0 aromatic heterocycles. The van der Waals surface area contributed by atoms with E-state index < -0.39 is 6.10 Å². The molecule has 0 aliphatic heterocycles. The summed E-state index contributed by atoms with van der Waals surface area (Å²) in [5.74, 6) is 0.779. The van der Waals surface area contributed by atoms with Crippen molar-refractivity contribution < 1.29 is 5.11 Å². The normalized spacial score (nSPS) is 21.7. The average Bonchev–Trinajstić information content (AvgIpc) is 2.16. The van der Waals surface area contributed by atoms with Crippen LogP contribution in [0.1, 0.15) is 44.9 Å². The summed E-state index contributed by atoms with van der Waals surface area (Å²) >= 11 is 0. The Hall–Kier alpha value is -0.550. The molecule has 2 nitrogen and oxygen atoms in total. The number of aliphatic hydroxyl groups is 1. The molecular weight excluding hydrogens is 150 g/mol. The van der Waals surface area contributed by atoms with E-state index in [1.807, 2.05) is 6.07 Å². The third-order valence-electron chi connectivity index (χ3n) is 2.72. The number of hydrogen-bond acceptors (Lipinski definition) is 2. The summed E-state index contributed by atoms with van der Waals surface area (Å²) in [6, 6.07) is 1.86. The molecule has 1 unspecified atom stereocenters. The van der Waals surface area contributed by atoms with E-state index in [4.69, 9.17) is 10.4 Å². The van der Waals surface area contributed by atoms with Crippen molar-refractivity contribution in [2.24, 2.45) is 5.92 Å². The summed E-state index contributed by atoms with van der Waals surface area (Å²) in [6.07, 6.45) is 7.64. The Bertz CT molecular complexity index is 156. The number of rotatable bonds is 3. The highest BCUT2D eigenvalue weighted by Crippen LogP contribution is 2.27. The van der Waals surface area contributed by atoms with Crippen LogP contribution in [0, 0.1) is 17.2 Å². The van der Waals surface area contributed by atoms with Crippen LogP contribution in [-0.2, 0) is 0 Å². The Balaban J connectivity index is 2.10. The maximum atomic E-state index is 9.03. The van der Waals surface area contributed by atoms with Crippen molar-refractivity contribution in [1.82, 2.24) is 0 Å². The van der Waals surface area contributed by atoms with Crippen LogP contribution < -0.4 is 0 Å². The molecule has 12 heavy (non-hydrogen) atoms. The summed E-state index contributed by atoms with van der Waals surface area (Å²) < 4.78 is 0. The van der Waals surface area contributed by atoms with E-state index in [9.17, 15) is 0 Å². The second kappa shape index (κ2) is 5.16. The quantitative estimate of drug-likeness (QED) is 0.655. The topological polar surface area (TPSA) is 44.0 Å². The molecule has 0 saturated heterocycles. The first-order valence-corrected chi connectivity index (χ1v) is 4.90. The Morgan fingerprint density at radius 3 is 2.58 bits per heavy atom. The molecule has 68 valence electrons. The predicted octanol–water partition coefficient (Wildman–Crippen LogP) is 2.23. The zero-order chi connectivity index (χ0) is 8.81. The zero-order valence-corrected chi connectivity index (χ0v) is 7.50. The second-order valence-corrected chi connectivity index (χ2v) is 3.73. The molecule has 0 heterocycles. The first-order valence-electron chi connectivity index (χ1n) is 4.90. The monoisotopic (exact) mass is 167 g/mol. The fraction of sp³-hybridized carbons (Fsp3) is 0.900. The van der Waals surface area contributed by atoms with Crippen molar-refractivity contribution in [2.45, 2.75) is 51.0 Å². The molecule has 0 amide bonds. The molecule has 2 heteroatoms. The maximum absolute atomic E-state index is 9.03. The van der Waals surface area contributed by atoms with Gasteiger partial charge >= 0.3 is 0 Å². The maximum Gasteiger partial charge on any atom is 0.140 e. The number of nitrogens with zero attached hydrogens (tertiary/aromatic N) is 1. The molecular formula is C10H17NO. The smallest absolute Gasteiger partial charge is 0.140 e. The van der Waals surface area contributed by atoms with Gasteiger partial charge in [-0.15, -0.1) is 0 Å². The molecule has 0 radical (unpaired) electrons. The summed E-state index contributed by atoms with van der Waals surface area (Å²) in [4.78, 5) is 0. The molecule has 1 N–H and O–H groups in total. The molecule has 0 aromatic carbocycles. The molecule has 1 rings (SSSR count). The minimum absolute atomic E-state index is 0.668. The minimum Gasteiger partial charge on any atom is -0.378 e. The Morgan fingerprint density at radius 1 is 1.33 bits per heavy atom. The summed E-state index contributed by atoms with van der Waals surface area (Å²) in [6.45, 7) is 0. The predicted molar refractivity (Wildman–Crippen MR) is 47.4 cm³/mol. The average molecular weight is 167 g/mol. The third-order valence-corrected chi connectivity index (χ3v) is 2.72. The van der Waals surface area contributed by atoms with Gasteiger partial charge < -0.3 is 5.11 Å². The first-order chi connectivity index (χ1) is 5.83. The van der Waals surface area contributed by atoms with Crippen molar-refractivity contribution in [3.8, 4) is 6.07 Å². The highest BCUT2D eigenvalue weighted by Gasteiger charge is 2.14. The van der Waals surface area contributed by atoms with Gasteiger partial charge in [-0.3, -0.25) is 0 Å². The number of nitriles is 1. The van der Waals surface area contributed by atoms with E-state index in [2.05, 4.69) is 0 Å². The Labute approximate surface area is 74.2 Å². The van der Waals surface area contributed by atoms with E-state index in [-0.39, 0.29) is 0 Å². The standard InChI is InChI=1S/C10H17NO/c11-8-10(12)7-6-9-4-2-1-3-5-9/h9-10,12H,1-7H2. The molecule has 1 atom stereocenters. The van der Waals surface area contributed by atoms with Gasteiger partial charge in [-0.1, -0.05) is 32.1 Å². The van der Waals surface area contributed by atoms with Gasteiger partial charge in [0, 0.05) is 0 Å². The van der Waals surface area contributed by atoms with E-state index >= 15 is 0 Å². The molecule has 1 saturated carbocycles. The lowest BCUT2D eigenvalue weighted by Gasteiger charge is -2.21. The second-order valence-electron chi connectivity index (χ2n) is 3.73. The number of aliphatic hydroxyl groups excluding tert-OH is 1. The van der Waals surface area contributed by atoms with E-state index in [0.717, 1.165) is 12.3 Å².